The van der Waals surface area contributed by atoms with Crippen LogP contribution in [0.3, 0.4) is 0 Å². The summed E-state index contributed by atoms with van der Waals surface area (Å²) in [5.41, 5.74) is 2.23. The van der Waals surface area contributed by atoms with E-state index in [1.807, 2.05) is 13.8 Å². The molecule has 0 aliphatic carbocycles. The van der Waals surface area contributed by atoms with Gasteiger partial charge >= 0.3 is 0 Å². The Morgan fingerprint density at radius 2 is 1.25 bits per heavy atom. The Bertz CT molecular complexity index is 753. The van der Waals surface area contributed by atoms with Crippen molar-refractivity contribution in [2.24, 2.45) is 0 Å². The van der Waals surface area contributed by atoms with E-state index < -0.39 is 0 Å². The van der Waals surface area contributed by atoms with Crippen LogP contribution in [0, 0.1) is 22.7 Å². The summed E-state index contributed by atoms with van der Waals surface area (Å²) in [6, 6.07) is 8.87. The summed E-state index contributed by atoms with van der Waals surface area (Å²) in [6.07, 6.45) is 0. The highest BCUT2D eigenvalue weighted by Crippen LogP contribution is 2.44. The van der Waals surface area contributed by atoms with Crippen molar-refractivity contribution in [1.29, 1.82) is 10.5 Å². The molecule has 0 saturated heterocycles. The third kappa shape index (κ3) is 1.73. The Hall–Kier alpha value is -1.88. The lowest BCUT2D eigenvalue weighted by atomic mass is 9.90. The van der Waals surface area contributed by atoms with E-state index in [2.05, 4.69) is 35.0 Å². The molecular formula is C16H12N2S2. The molecule has 4 heteroatoms. The number of benzene rings is 1. The van der Waals surface area contributed by atoms with Crippen LogP contribution in [-0.2, 0) is 0 Å². The second-order valence-electron chi connectivity index (χ2n) is 4.86. The van der Waals surface area contributed by atoms with Gasteiger partial charge in [0.05, 0.1) is 24.0 Å². The first-order valence-corrected chi connectivity index (χ1v) is 8.14. The van der Waals surface area contributed by atoms with Gasteiger partial charge in [0.15, 0.2) is 0 Å². The van der Waals surface area contributed by atoms with E-state index in [0.717, 1.165) is 31.3 Å². The first-order chi connectivity index (χ1) is 9.69. The van der Waals surface area contributed by atoms with E-state index in [0.29, 0.717) is 0 Å². The van der Waals surface area contributed by atoms with E-state index >= 15 is 0 Å². The maximum Gasteiger partial charge on any atom is 0.0705 e. The number of fused-ring (bicyclic) bond motifs is 2. The van der Waals surface area contributed by atoms with Gasteiger partial charge in [-0.25, -0.2) is 0 Å². The minimum Gasteiger partial charge on any atom is -0.198 e. The first kappa shape index (κ1) is 13.1. The van der Waals surface area contributed by atoms with Crippen LogP contribution in [0.15, 0.2) is 22.9 Å². The normalized spacial score (nSPS) is 14.0. The largest absolute Gasteiger partial charge is 0.198 e. The first-order valence-electron chi connectivity index (χ1n) is 6.38. The molecule has 0 radical (unpaired) electrons. The van der Waals surface area contributed by atoms with E-state index in [9.17, 15) is 10.5 Å². The van der Waals surface area contributed by atoms with E-state index in [-0.39, 0.29) is 11.8 Å². The van der Waals surface area contributed by atoms with Crippen LogP contribution in [0.5, 0.6) is 0 Å². The summed E-state index contributed by atoms with van der Waals surface area (Å²) >= 11 is 3.32. The Kier molecular flexibility index (Phi) is 3.22. The fourth-order valence-electron chi connectivity index (χ4n) is 2.69. The van der Waals surface area contributed by atoms with E-state index in [4.69, 9.17) is 0 Å². The minimum atomic E-state index is -0.139. The quantitative estimate of drug-likeness (QED) is 0.638. The maximum atomic E-state index is 9.31. The van der Waals surface area contributed by atoms with Crippen LogP contribution in [0.1, 0.15) is 36.8 Å². The average molecular weight is 296 g/mol. The lowest BCUT2D eigenvalue weighted by molar-refractivity contribution is 0.995. The zero-order valence-corrected chi connectivity index (χ0v) is 12.8. The van der Waals surface area contributed by atoms with Crippen LogP contribution in [0.2, 0.25) is 0 Å². The average Bonchev–Trinajstić information content (AvgIpc) is 3.11. The predicted octanol–water partition coefficient (Wildman–Crippen LogP) is 5.37. The van der Waals surface area contributed by atoms with Gasteiger partial charge in [0, 0.05) is 9.40 Å². The molecule has 3 aromatic rings. The second kappa shape index (κ2) is 4.90. The third-order valence-electron chi connectivity index (χ3n) is 3.65. The fourth-order valence-corrected chi connectivity index (χ4v) is 4.81. The molecule has 2 aromatic heterocycles. The topological polar surface area (TPSA) is 47.6 Å². The number of nitriles is 2. The van der Waals surface area contributed by atoms with Crippen molar-refractivity contribution in [1.82, 2.24) is 0 Å². The monoisotopic (exact) mass is 296 g/mol. The molecule has 0 N–H and O–H groups in total. The van der Waals surface area contributed by atoms with Gasteiger partial charge in [-0.15, -0.1) is 22.7 Å². The molecule has 0 spiro atoms. The van der Waals surface area contributed by atoms with Crippen LogP contribution in [0.4, 0.5) is 0 Å². The van der Waals surface area contributed by atoms with Gasteiger partial charge in [-0.2, -0.15) is 10.5 Å². The second-order valence-corrected chi connectivity index (χ2v) is 6.69. The summed E-state index contributed by atoms with van der Waals surface area (Å²) in [6.45, 7) is 3.89. The Labute approximate surface area is 125 Å². The highest BCUT2D eigenvalue weighted by Gasteiger charge is 2.22. The van der Waals surface area contributed by atoms with Crippen molar-refractivity contribution in [2.45, 2.75) is 25.7 Å². The van der Waals surface area contributed by atoms with Gasteiger partial charge < -0.3 is 0 Å². The summed E-state index contributed by atoms with van der Waals surface area (Å²) in [5.74, 6) is -0.278. The van der Waals surface area contributed by atoms with E-state index in [1.54, 1.807) is 22.7 Å². The number of hydrogen-bond donors (Lipinski definition) is 0. The van der Waals surface area contributed by atoms with Crippen LogP contribution >= 0.6 is 22.7 Å². The Morgan fingerprint density at radius 1 is 0.850 bits per heavy atom. The maximum absolute atomic E-state index is 9.31. The zero-order valence-electron chi connectivity index (χ0n) is 11.2. The summed E-state index contributed by atoms with van der Waals surface area (Å²) in [5, 5.41) is 25.0. The van der Waals surface area contributed by atoms with Crippen molar-refractivity contribution in [3.05, 3.63) is 34.0 Å². The van der Waals surface area contributed by atoms with Gasteiger partial charge in [-0.1, -0.05) is 0 Å². The molecular weight excluding hydrogens is 284 g/mol. The number of rotatable bonds is 2. The molecule has 0 saturated carbocycles. The SMILES string of the molecule is CC(C#N)c1c2ccsc2c(C(C)C#N)c2ccsc12. The number of hydrogen-bond acceptors (Lipinski definition) is 4. The van der Waals surface area contributed by atoms with Gasteiger partial charge in [-0.05, 0) is 58.6 Å². The molecule has 0 amide bonds. The van der Waals surface area contributed by atoms with Crippen LogP contribution in [-0.4, -0.2) is 0 Å². The smallest absolute Gasteiger partial charge is 0.0705 e. The van der Waals surface area contributed by atoms with Gasteiger partial charge in [0.25, 0.3) is 0 Å². The summed E-state index contributed by atoms with van der Waals surface area (Å²) in [7, 11) is 0. The van der Waals surface area contributed by atoms with Gasteiger partial charge in [-0.3, -0.25) is 0 Å². The molecule has 1 aromatic carbocycles. The molecule has 2 heterocycles. The molecule has 2 nitrogen and oxygen atoms in total. The minimum absolute atomic E-state index is 0.139. The van der Waals surface area contributed by atoms with Crippen molar-refractivity contribution >= 4 is 42.8 Å². The number of nitrogens with zero attached hydrogens (tertiary/aromatic N) is 2. The van der Waals surface area contributed by atoms with Gasteiger partial charge in [0.1, 0.15) is 0 Å². The molecule has 2 unspecified atom stereocenters. The standard InChI is InChI=1S/C16H12N2S2/c1-9(7-17)13-11-3-5-20-16(11)14(10(2)8-18)12-4-6-19-15(12)13/h3-6,9-10H,1-2H3. The lowest BCUT2D eigenvalue weighted by Gasteiger charge is -2.13. The van der Waals surface area contributed by atoms with Crippen molar-refractivity contribution in [2.75, 3.05) is 0 Å². The third-order valence-corrected chi connectivity index (χ3v) is 5.55. The predicted molar refractivity (Wildman–Crippen MR) is 85.3 cm³/mol. The molecule has 0 aliphatic rings. The molecule has 3 rings (SSSR count). The molecule has 0 fully saturated rings. The van der Waals surface area contributed by atoms with Gasteiger partial charge in [0.2, 0.25) is 0 Å². The highest BCUT2D eigenvalue weighted by atomic mass is 32.1. The molecule has 0 bridgehead atoms. The lowest BCUT2D eigenvalue weighted by Crippen LogP contribution is -1.96. The summed E-state index contributed by atoms with van der Waals surface area (Å²) < 4.78 is 2.31. The Morgan fingerprint density at radius 3 is 1.60 bits per heavy atom. The molecule has 20 heavy (non-hydrogen) atoms. The molecule has 2 atom stereocenters. The van der Waals surface area contributed by atoms with Crippen molar-refractivity contribution < 1.29 is 0 Å². The van der Waals surface area contributed by atoms with Crippen LogP contribution < -0.4 is 0 Å². The van der Waals surface area contributed by atoms with Crippen LogP contribution in [0.25, 0.3) is 20.2 Å². The number of thiophene rings is 2. The molecule has 0 aliphatic heterocycles. The summed E-state index contributed by atoms with van der Waals surface area (Å²) in [4.78, 5) is 0. The highest BCUT2D eigenvalue weighted by molar-refractivity contribution is 7.19. The van der Waals surface area contributed by atoms with Crippen molar-refractivity contribution in [3.63, 3.8) is 0 Å². The Balaban J connectivity index is 2.53. The fraction of sp³-hybridized carbons (Fsp3) is 0.250. The van der Waals surface area contributed by atoms with Crippen molar-refractivity contribution in [3.8, 4) is 12.1 Å². The zero-order chi connectivity index (χ0) is 14.3. The molecule has 98 valence electrons. The van der Waals surface area contributed by atoms with E-state index in [1.165, 1.54) is 0 Å².